The van der Waals surface area contributed by atoms with E-state index in [1.54, 1.807) is 14.2 Å². The molecule has 7 nitrogen and oxygen atoms in total. The average molecular weight is 397 g/mol. The maximum absolute atomic E-state index is 13.4. The Morgan fingerprint density at radius 2 is 2.24 bits per heavy atom. The minimum absolute atomic E-state index is 0.135. The lowest BCUT2D eigenvalue weighted by atomic mass is 9.74. The van der Waals surface area contributed by atoms with Crippen molar-refractivity contribution in [3.63, 3.8) is 0 Å². The molecule has 3 aliphatic heterocycles. The number of fused-ring (bicyclic) bond motifs is 2. The van der Waals surface area contributed by atoms with E-state index in [4.69, 9.17) is 19.9 Å². The second kappa shape index (κ2) is 6.91. The number of ether oxygens (including phenoxy) is 3. The molecule has 1 aromatic carbocycles. The molecule has 1 amide bonds. The fourth-order valence-electron chi connectivity index (χ4n) is 4.44. The van der Waals surface area contributed by atoms with E-state index in [0.29, 0.717) is 31.1 Å². The number of amides is 1. The third-order valence-electron chi connectivity index (χ3n) is 6.02. The van der Waals surface area contributed by atoms with Crippen molar-refractivity contribution in [2.45, 2.75) is 37.3 Å². The van der Waals surface area contributed by atoms with Gasteiger partial charge in [-0.25, -0.2) is 4.99 Å². The zero-order valence-corrected chi connectivity index (χ0v) is 17.2. The van der Waals surface area contributed by atoms with Gasteiger partial charge in [0.2, 0.25) is 0 Å². The highest BCUT2D eigenvalue weighted by molar-refractivity contribution is 6.07. The van der Waals surface area contributed by atoms with Crippen LogP contribution in [0.5, 0.6) is 5.75 Å². The third kappa shape index (κ3) is 3.09. The number of hydrogen-bond acceptors (Lipinski definition) is 6. The molecule has 2 spiro atoms. The fourth-order valence-corrected chi connectivity index (χ4v) is 4.44. The molecule has 29 heavy (non-hydrogen) atoms. The van der Waals surface area contributed by atoms with Crippen LogP contribution in [0.15, 0.2) is 41.6 Å². The van der Waals surface area contributed by atoms with E-state index >= 15 is 0 Å². The molecule has 2 unspecified atom stereocenters. The molecule has 3 heterocycles. The standard InChI is InChI=1S/C22H27N3O4/c1-14(10-15(2)27-4)16-6-7-18-17(11-16)22(19(26)25(3)20(23)24-22)12-21(29-18)8-5-9-28-13-21/h6-7,10-11H,2,5,8-9,12-13H2,1,3-4H3,(H2,23,24). The number of guanidine groups is 1. The Labute approximate surface area is 170 Å². The summed E-state index contributed by atoms with van der Waals surface area (Å²) >= 11 is 0. The molecule has 0 saturated carbocycles. The number of nitrogens with zero attached hydrogens (tertiary/aromatic N) is 2. The second-order valence-electron chi connectivity index (χ2n) is 8.02. The summed E-state index contributed by atoms with van der Waals surface area (Å²) in [7, 11) is 3.24. The molecule has 3 aliphatic rings. The van der Waals surface area contributed by atoms with Gasteiger partial charge in [-0.3, -0.25) is 9.69 Å². The van der Waals surface area contributed by atoms with E-state index in [-0.39, 0.29) is 11.9 Å². The topological polar surface area (TPSA) is 86.4 Å². The van der Waals surface area contributed by atoms with Crippen molar-refractivity contribution in [1.82, 2.24) is 4.90 Å². The largest absolute Gasteiger partial charge is 0.497 e. The Kier molecular flexibility index (Phi) is 4.65. The summed E-state index contributed by atoms with van der Waals surface area (Å²) in [6.07, 6.45) is 3.96. The van der Waals surface area contributed by atoms with Crippen LogP contribution >= 0.6 is 0 Å². The van der Waals surface area contributed by atoms with Crippen molar-refractivity contribution in [2.75, 3.05) is 27.4 Å². The van der Waals surface area contributed by atoms with Gasteiger partial charge in [0.05, 0.1) is 13.7 Å². The van der Waals surface area contributed by atoms with Gasteiger partial charge in [0.15, 0.2) is 11.5 Å². The smallest absolute Gasteiger partial charge is 0.261 e. The maximum Gasteiger partial charge on any atom is 0.261 e. The zero-order chi connectivity index (χ0) is 20.8. The first-order valence-corrected chi connectivity index (χ1v) is 9.77. The van der Waals surface area contributed by atoms with Gasteiger partial charge >= 0.3 is 0 Å². The van der Waals surface area contributed by atoms with Gasteiger partial charge in [-0.1, -0.05) is 12.6 Å². The van der Waals surface area contributed by atoms with Gasteiger partial charge in [0, 0.05) is 25.6 Å². The third-order valence-corrected chi connectivity index (χ3v) is 6.02. The lowest BCUT2D eigenvalue weighted by Gasteiger charge is -2.46. The van der Waals surface area contributed by atoms with Gasteiger partial charge < -0.3 is 19.9 Å². The summed E-state index contributed by atoms with van der Waals surface area (Å²) in [5.41, 5.74) is 7.04. The number of methoxy groups -OCH3 is 1. The fraction of sp³-hybridized carbons (Fsp3) is 0.455. The first kappa shape index (κ1) is 19.5. The van der Waals surface area contributed by atoms with Crippen LogP contribution in [0.4, 0.5) is 0 Å². The first-order chi connectivity index (χ1) is 13.8. The number of rotatable bonds is 3. The molecule has 0 radical (unpaired) electrons. The highest BCUT2D eigenvalue weighted by atomic mass is 16.5. The Bertz CT molecular complexity index is 930. The van der Waals surface area contributed by atoms with Crippen molar-refractivity contribution in [2.24, 2.45) is 10.7 Å². The lowest BCUT2D eigenvalue weighted by molar-refractivity contribution is -0.139. The van der Waals surface area contributed by atoms with Gasteiger partial charge in [-0.15, -0.1) is 0 Å². The summed E-state index contributed by atoms with van der Waals surface area (Å²) in [4.78, 5) is 19.5. The maximum atomic E-state index is 13.4. The number of aliphatic imine (C=N–C) groups is 1. The van der Waals surface area contributed by atoms with Gasteiger partial charge in [-0.05, 0) is 49.1 Å². The highest BCUT2D eigenvalue weighted by Gasteiger charge is 2.58. The van der Waals surface area contributed by atoms with Crippen molar-refractivity contribution < 1.29 is 19.0 Å². The summed E-state index contributed by atoms with van der Waals surface area (Å²) in [5.74, 6) is 1.30. The lowest BCUT2D eigenvalue weighted by Crippen LogP contribution is -2.55. The number of nitrogens with two attached hydrogens (primary N) is 1. The van der Waals surface area contributed by atoms with E-state index in [2.05, 4.69) is 11.6 Å². The molecular formula is C22H27N3O4. The summed E-state index contributed by atoms with van der Waals surface area (Å²) in [5, 5.41) is 0. The van der Waals surface area contributed by atoms with E-state index in [9.17, 15) is 4.79 Å². The predicted molar refractivity (Wildman–Crippen MR) is 110 cm³/mol. The number of hydrogen-bond donors (Lipinski definition) is 1. The molecule has 2 atom stereocenters. The number of carbonyl (C=O) groups is 1. The van der Waals surface area contributed by atoms with Crippen LogP contribution in [0.3, 0.4) is 0 Å². The normalized spacial score (nSPS) is 28.9. The summed E-state index contributed by atoms with van der Waals surface area (Å²) < 4.78 is 17.3. The Hall–Kier alpha value is -2.80. The number of carbonyl (C=O) groups excluding carboxylic acids is 1. The van der Waals surface area contributed by atoms with Crippen molar-refractivity contribution >= 4 is 17.4 Å². The van der Waals surface area contributed by atoms with Crippen LogP contribution in [0.2, 0.25) is 0 Å². The average Bonchev–Trinajstić information content (AvgIpc) is 2.92. The molecule has 0 aliphatic carbocycles. The molecule has 154 valence electrons. The van der Waals surface area contributed by atoms with E-state index in [1.165, 1.54) is 4.90 Å². The minimum atomic E-state index is -1.10. The van der Waals surface area contributed by atoms with Crippen LogP contribution in [0.1, 0.15) is 37.3 Å². The predicted octanol–water partition coefficient (Wildman–Crippen LogP) is 2.56. The van der Waals surface area contributed by atoms with Crippen LogP contribution in [-0.2, 0) is 19.8 Å². The monoisotopic (exact) mass is 397 g/mol. The van der Waals surface area contributed by atoms with Crippen LogP contribution in [0.25, 0.3) is 5.57 Å². The minimum Gasteiger partial charge on any atom is -0.497 e. The van der Waals surface area contributed by atoms with Gasteiger partial charge in [0.25, 0.3) is 5.91 Å². The molecule has 2 N–H and O–H groups in total. The van der Waals surface area contributed by atoms with E-state index in [1.807, 2.05) is 31.2 Å². The molecule has 0 bridgehead atoms. The van der Waals surface area contributed by atoms with Crippen molar-refractivity contribution in [3.8, 4) is 5.75 Å². The molecule has 1 aromatic rings. The van der Waals surface area contributed by atoms with Crippen molar-refractivity contribution in [3.05, 3.63) is 47.7 Å². The zero-order valence-electron chi connectivity index (χ0n) is 17.2. The molecule has 1 fully saturated rings. The molecular weight excluding hydrogens is 370 g/mol. The van der Waals surface area contributed by atoms with E-state index < -0.39 is 11.1 Å². The van der Waals surface area contributed by atoms with E-state index in [0.717, 1.165) is 29.5 Å². The van der Waals surface area contributed by atoms with Gasteiger partial charge in [-0.2, -0.15) is 0 Å². The quantitative estimate of drug-likeness (QED) is 0.626. The van der Waals surface area contributed by atoms with Crippen LogP contribution < -0.4 is 10.5 Å². The van der Waals surface area contributed by atoms with Gasteiger partial charge in [0.1, 0.15) is 17.1 Å². The molecule has 1 saturated heterocycles. The molecule has 4 rings (SSSR count). The van der Waals surface area contributed by atoms with Crippen LogP contribution in [0, 0.1) is 0 Å². The number of allylic oxidation sites excluding steroid dienone is 2. The Morgan fingerprint density at radius 1 is 1.45 bits per heavy atom. The first-order valence-electron chi connectivity index (χ1n) is 9.77. The number of likely N-dealkylation sites (N-methyl/N-ethyl adjacent to an activating group) is 1. The number of benzene rings is 1. The van der Waals surface area contributed by atoms with Crippen LogP contribution in [-0.4, -0.2) is 49.7 Å². The Morgan fingerprint density at radius 3 is 2.86 bits per heavy atom. The summed E-state index contributed by atoms with van der Waals surface area (Å²) in [6.45, 7) is 6.97. The Balaban J connectivity index is 1.85. The van der Waals surface area contributed by atoms with Crippen molar-refractivity contribution in [1.29, 1.82) is 0 Å². The highest BCUT2D eigenvalue weighted by Crippen LogP contribution is 2.51. The molecule has 7 heteroatoms. The molecule has 0 aromatic heterocycles. The second-order valence-corrected chi connectivity index (χ2v) is 8.02. The SMILES string of the molecule is C=C(C=C(C)c1ccc2c(c1)C1(CC3(CCCOC3)O2)N=C(N)N(C)C1=O)OC. The summed E-state index contributed by atoms with van der Waals surface area (Å²) in [6, 6.07) is 5.85.